The van der Waals surface area contributed by atoms with Crippen molar-refractivity contribution in [2.24, 2.45) is 0 Å². The van der Waals surface area contributed by atoms with Gasteiger partial charge in [0.25, 0.3) is 0 Å². The van der Waals surface area contributed by atoms with Crippen LogP contribution in [0.4, 0.5) is 5.82 Å². The summed E-state index contributed by atoms with van der Waals surface area (Å²) < 4.78 is 5.30. The summed E-state index contributed by atoms with van der Waals surface area (Å²) in [5.41, 5.74) is 0. The third-order valence-electron chi connectivity index (χ3n) is 1.95. The van der Waals surface area contributed by atoms with Gasteiger partial charge in [-0.15, -0.1) is 0 Å². The van der Waals surface area contributed by atoms with Gasteiger partial charge in [0.2, 0.25) is 5.88 Å². The fourth-order valence-corrected chi connectivity index (χ4v) is 1.18. The molecule has 1 aromatic heterocycles. The molecule has 0 N–H and O–H groups in total. The van der Waals surface area contributed by atoms with Gasteiger partial charge in [-0.25, -0.2) is 0 Å². The first-order valence-electron chi connectivity index (χ1n) is 4.96. The van der Waals surface area contributed by atoms with E-state index in [0.29, 0.717) is 25.5 Å². The number of ether oxygens (including phenoxy) is 1. The zero-order chi connectivity index (χ0) is 11.1. The van der Waals surface area contributed by atoms with Gasteiger partial charge in [0.05, 0.1) is 19.1 Å². The van der Waals surface area contributed by atoms with Crippen LogP contribution in [-0.4, -0.2) is 25.2 Å². The smallest absolute Gasteiger partial charge is 0.215 e. The van der Waals surface area contributed by atoms with Gasteiger partial charge < -0.3 is 9.64 Å². The second-order valence-corrected chi connectivity index (χ2v) is 3.10. The van der Waals surface area contributed by atoms with E-state index in [0.717, 1.165) is 5.82 Å². The normalized spacial score (nSPS) is 9.40. The molecule has 0 spiro atoms. The highest BCUT2D eigenvalue weighted by Gasteiger charge is 2.03. The van der Waals surface area contributed by atoms with E-state index in [2.05, 4.69) is 11.1 Å². The molecule has 1 heterocycles. The Kier molecular flexibility index (Phi) is 4.42. The summed E-state index contributed by atoms with van der Waals surface area (Å²) in [6.45, 7) is 3.21. The van der Waals surface area contributed by atoms with Gasteiger partial charge in [-0.3, -0.25) is 0 Å². The SMILES string of the molecule is CCOc1cccc(N(C)CCC#N)n1. The molecule has 0 bridgehead atoms. The van der Waals surface area contributed by atoms with E-state index in [9.17, 15) is 0 Å². The summed E-state index contributed by atoms with van der Waals surface area (Å²) >= 11 is 0. The molecular formula is C11H15N3O. The van der Waals surface area contributed by atoms with Crippen LogP contribution >= 0.6 is 0 Å². The lowest BCUT2D eigenvalue weighted by molar-refractivity contribution is 0.327. The minimum atomic E-state index is 0.497. The molecule has 0 atom stereocenters. The molecule has 0 aliphatic carbocycles. The second-order valence-electron chi connectivity index (χ2n) is 3.10. The molecule has 0 aliphatic rings. The Morgan fingerprint density at radius 3 is 3.00 bits per heavy atom. The van der Waals surface area contributed by atoms with Crippen LogP contribution in [0.5, 0.6) is 5.88 Å². The van der Waals surface area contributed by atoms with Crippen molar-refractivity contribution < 1.29 is 4.74 Å². The third-order valence-corrected chi connectivity index (χ3v) is 1.95. The lowest BCUT2D eigenvalue weighted by atomic mass is 10.4. The Labute approximate surface area is 90.1 Å². The number of nitriles is 1. The molecule has 15 heavy (non-hydrogen) atoms. The highest BCUT2D eigenvalue weighted by atomic mass is 16.5. The summed E-state index contributed by atoms with van der Waals surface area (Å²) in [7, 11) is 1.91. The van der Waals surface area contributed by atoms with Crippen molar-refractivity contribution in [3.05, 3.63) is 18.2 Å². The van der Waals surface area contributed by atoms with Gasteiger partial charge >= 0.3 is 0 Å². The number of pyridine rings is 1. The fourth-order valence-electron chi connectivity index (χ4n) is 1.18. The van der Waals surface area contributed by atoms with Crippen LogP contribution in [0.15, 0.2) is 18.2 Å². The summed E-state index contributed by atoms with van der Waals surface area (Å²) in [6.07, 6.45) is 0.497. The Morgan fingerprint density at radius 2 is 2.33 bits per heavy atom. The summed E-state index contributed by atoms with van der Waals surface area (Å²) in [5.74, 6) is 1.45. The van der Waals surface area contributed by atoms with Crippen molar-refractivity contribution in [2.45, 2.75) is 13.3 Å². The maximum absolute atomic E-state index is 8.48. The highest BCUT2D eigenvalue weighted by molar-refractivity contribution is 5.39. The van der Waals surface area contributed by atoms with Gasteiger partial charge in [0.1, 0.15) is 5.82 Å². The maximum atomic E-state index is 8.48. The molecule has 0 amide bonds. The minimum Gasteiger partial charge on any atom is -0.478 e. The standard InChI is InChI=1S/C11H15N3O/c1-3-15-11-7-4-6-10(13-11)14(2)9-5-8-12/h4,6-7H,3,5,9H2,1-2H3. The molecule has 1 aromatic rings. The van der Waals surface area contributed by atoms with Crippen LogP contribution in [0.3, 0.4) is 0 Å². The van der Waals surface area contributed by atoms with Crippen LogP contribution in [-0.2, 0) is 0 Å². The monoisotopic (exact) mass is 205 g/mol. The Balaban J connectivity index is 2.67. The predicted octanol–water partition coefficient (Wildman–Crippen LogP) is 1.83. The first kappa shape index (κ1) is 11.3. The molecule has 0 fully saturated rings. The molecule has 1 rings (SSSR count). The molecular weight excluding hydrogens is 190 g/mol. The molecule has 0 aromatic carbocycles. The number of hydrogen-bond acceptors (Lipinski definition) is 4. The Bertz CT molecular complexity index is 346. The largest absolute Gasteiger partial charge is 0.478 e. The summed E-state index contributed by atoms with van der Waals surface area (Å²) in [4.78, 5) is 6.25. The van der Waals surface area contributed by atoms with Gasteiger partial charge in [0, 0.05) is 19.7 Å². The summed E-state index contributed by atoms with van der Waals surface area (Å²) in [5, 5.41) is 8.48. The predicted molar refractivity (Wildman–Crippen MR) is 58.9 cm³/mol. The van der Waals surface area contributed by atoms with Crippen LogP contribution in [0.25, 0.3) is 0 Å². The average Bonchev–Trinajstić information content (AvgIpc) is 2.27. The van der Waals surface area contributed by atoms with E-state index in [4.69, 9.17) is 10.00 Å². The van der Waals surface area contributed by atoms with Crippen molar-refractivity contribution in [2.75, 3.05) is 25.1 Å². The first-order valence-corrected chi connectivity index (χ1v) is 4.96. The van der Waals surface area contributed by atoms with Gasteiger partial charge in [-0.05, 0) is 13.0 Å². The van der Waals surface area contributed by atoms with Crippen molar-refractivity contribution in [3.8, 4) is 11.9 Å². The van der Waals surface area contributed by atoms with Gasteiger partial charge in [-0.2, -0.15) is 10.2 Å². The van der Waals surface area contributed by atoms with Crippen molar-refractivity contribution in [1.82, 2.24) is 4.98 Å². The minimum absolute atomic E-state index is 0.497. The highest BCUT2D eigenvalue weighted by Crippen LogP contribution is 2.14. The molecule has 4 nitrogen and oxygen atoms in total. The van der Waals surface area contributed by atoms with Crippen LogP contribution < -0.4 is 9.64 Å². The van der Waals surface area contributed by atoms with E-state index < -0.39 is 0 Å². The maximum Gasteiger partial charge on any atom is 0.215 e. The number of hydrogen-bond donors (Lipinski definition) is 0. The zero-order valence-electron chi connectivity index (χ0n) is 9.10. The van der Waals surface area contributed by atoms with Crippen LogP contribution in [0, 0.1) is 11.3 Å². The number of anilines is 1. The van der Waals surface area contributed by atoms with Gasteiger partial charge in [0.15, 0.2) is 0 Å². The van der Waals surface area contributed by atoms with E-state index in [-0.39, 0.29) is 0 Å². The average molecular weight is 205 g/mol. The topological polar surface area (TPSA) is 49.1 Å². The lowest BCUT2D eigenvalue weighted by Crippen LogP contribution is -2.19. The second kappa shape index (κ2) is 5.86. The van der Waals surface area contributed by atoms with Crippen molar-refractivity contribution in [3.63, 3.8) is 0 Å². The Morgan fingerprint density at radius 1 is 1.53 bits per heavy atom. The quantitative estimate of drug-likeness (QED) is 0.735. The molecule has 0 unspecified atom stereocenters. The van der Waals surface area contributed by atoms with Crippen molar-refractivity contribution >= 4 is 5.82 Å². The molecule has 4 heteroatoms. The van der Waals surface area contributed by atoms with Crippen molar-refractivity contribution in [1.29, 1.82) is 5.26 Å². The summed E-state index contributed by atoms with van der Waals surface area (Å²) in [6, 6.07) is 7.73. The van der Waals surface area contributed by atoms with E-state index >= 15 is 0 Å². The van der Waals surface area contributed by atoms with E-state index in [1.54, 1.807) is 0 Å². The molecule has 0 radical (unpaired) electrons. The van der Waals surface area contributed by atoms with Crippen LogP contribution in [0.1, 0.15) is 13.3 Å². The molecule has 0 aliphatic heterocycles. The van der Waals surface area contributed by atoms with E-state index in [1.807, 2.05) is 37.1 Å². The van der Waals surface area contributed by atoms with Crippen LogP contribution in [0.2, 0.25) is 0 Å². The van der Waals surface area contributed by atoms with E-state index in [1.165, 1.54) is 0 Å². The third kappa shape index (κ3) is 3.47. The zero-order valence-corrected chi connectivity index (χ0v) is 9.10. The molecule has 80 valence electrons. The number of rotatable bonds is 5. The Hall–Kier alpha value is -1.76. The number of aromatic nitrogens is 1. The molecule has 0 saturated heterocycles. The lowest BCUT2D eigenvalue weighted by Gasteiger charge is -2.16. The fraction of sp³-hybridized carbons (Fsp3) is 0.455. The number of nitrogens with zero attached hydrogens (tertiary/aromatic N) is 3. The van der Waals surface area contributed by atoms with Gasteiger partial charge in [-0.1, -0.05) is 6.07 Å². The first-order chi connectivity index (χ1) is 7.27. The molecule has 0 saturated carbocycles.